The molecule has 0 radical (unpaired) electrons. The van der Waals surface area contributed by atoms with E-state index in [4.69, 9.17) is 0 Å². The second kappa shape index (κ2) is 9.68. The zero-order valence-electron chi connectivity index (χ0n) is 19.3. The van der Waals surface area contributed by atoms with E-state index < -0.39 is 23.7 Å². The molecule has 0 saturated carbocycles. The van der Waals surface area contributed by atoms with E-state index >= 15 is 0 Å². The maximum atomic E-state index is 13.0. The van der Waals surface area contributed by atoms with Gasteiger partial charge in [-0.25, -0.2) is 4.68 Å². The fourth-order valence-corrected chi connectivity index (χ4v) is 3.88. The Morgan fingerprint density at radius 1 is 1.06 bits per heavy atom. The van der Waals surface area contributed by atoms with Crippen LogP contribution in [0.5, 0.6) is 0 Å². The van der Waals surface area contributed by atoms with Gasteiger partial charge in [0.15, 0.2) is 0 Å². The molecule has 0 fully saturated rings. The highest BCUT2D eigenvalue weighted by Crippen LogP contribution is 2.31. The Kier molecular flexibility index (Phi) is 6.65. The standard InChI is InChI=1S/C25H22F3N5O3/c1-15(30-16(2)34)24(36)32-12-10-21(33-22(32)9-11-29-33)17-5-4-8-20(14-17)31-23(35)18-6-3-7-19(13-18)25(26,27)28/h3-11,13-15H,12H2,1-2H3,(H,30,34)(H,31,35). The first-order valence-corrected chi connectivity index (χ1v) is 11.0. The monoisotopic (exact) mass is 497 g/mol. The first-order chi connectivity index (χ1) is 17.0. The summed E-state index contributed by atoms with van der Waals surface area (Å²) in [5, 5.41) is 9.51. The lowest BCUT2D eigenvalue weighted by atomic mass is 10.1. The molecule has 11 heteroatoms. The van der Waals surface area contributed by atoms with Gasteiger partial charge in [-0.1, -0.05) is 18.2 Å². The fraction of sp³-hybridized carbons (Fsp3) is 0.200. The van der Waals surface area contributed by atoms with Crippen molar-refractivity contribution in [2.75, 3.05) is 16.8 Å². The molecule has 0 bridgehead atoms. The van der Waals surface area contributed by atoms with Crippen LogP contribution in [0.4, 0.5) is 24.7 Å². The number of carbonyl (C=O) groups excluding carboxylic acids is 3. The van der Waals surface area contributed by atoms with Gasteiger partial charge in [0.2, 0.25) is 5.91 Å². The summed E-state index contributed by atoms with van der Waals surface area (Å²) in [4.78, 5) is 38.3. The predicted octanol–water partition coefficient (Wildman–Crippen LogP) is 3.91. The number of benzene rings is 2. The van der Waals surface area contributed by atoms with E-state index in [1.165, 1.54) is 30.2 Å². The molecule has 4 rings (SSSR count). The zero-order chi connectivity index (χ0) is 26.0. The molecule has 1 atom stereocenters. The number of hydrogen-bond acceptors (Lipinski definition) is 4. The van der Waals surface area contributed by atoms with Crippen LogP contribution in [0.1, 0.15) is 35.3 Å². The van der Waals surface area contributed by atoms with Crippen LogP contribution in [0.15, 0.2) is 66.9 Å². The average Bonchev–Trinajstić information content (AvgIpc) is 3.32. The largest absolute Gasteiger partial charge is 0.416 e. The van der Waals surface area contributed by atoms with E-state index in [9.17, 15) is 27.6 Å². The molecule has 0 spiro atoms. The van der Waals surface area contributed by atoms with E-state index in [-0.39, 0.29) is 23.9 Å². The fourth-order valence-electron chi connectivity index (χ4n) is 3.88. The zero-order valence-corrected chi connectivity index (χ0v) is 19.3. The SMILES string of the molecule is CC(=O)NC(C)C(=O)N1CC=C(c2cccc(NC(=O)c3cccc(C(F)(F)F)c3)c2)n2nccc21. The van der Waals surface area contributed by atoms with Gasteiger partial charge in [-0.2, -0.15) is 18.3 Å². The molecular weight excluding hydrogens is 475 g/mol. The van der Waals surface area contributed by atoms with Crippen LogP contribution < -0.4 is 15.5 Å². The molecule has 36 heavy (non-hydrogen) atoms. The molecule has 3 aromatic rings. The van der Waals surface area contributed by atoms with Crippen molar-refractivity contribution in [1.29, 1.82) is 0 Å². The molecule has 8 nitrogen and oxygen atoms in total. The normalized spacial score (nSPS) is 13.9. The third-order valence-corrected chi connectivity index (χ3v) is 5.52. The van der Waals surface area contributed by atoms with E-state index in [1.54, 1.807) is 48.0 Å². The van der Waals surface area contributed by atoms with Crippen molar-refractivity contribution in [3.63, 3.8) is 0 Å². The Bertz CT molecular complexity index is 1360. The molecule has 1 aliphatic rings. The van der Waals surface area contributed by atoms with Crippen LogP contribution in [0.3, 0.4) is 0 Å². The molecule has 2 heterocycles. The van der Waals surface area contributed by atoms with Gasteiger partial charge in [0, 0.05) is 36.3 Å². The van der Waals surface area contributed by atoms with Crippen LogP contribution in [0.25, 0.3) is 5.70 Å². The first-order valence-electron chi connectivity index (χ1n) is 11.0. The highest BCUT2D eigenvalue weighted by atomic mass is 19.4. The highest BCUT2D eigenvalue weighted by Gasteiger charge is 2.31. The number of halogens is 3. The highest BCUT2D eigenvalue weighted by molar-refractivity contribution is 6.04. The smallest absolute Gasteiger partial charge is 0.345 e. The summed E-state index contributed by atoms with van der Waals surface area (Å²) in [5.41, 5.74) is 0.672. The van der Waals surface area contributed by atoms with Gasteiger partial charge in [0.25, 0.3) is 11.8 Å². The lowest BCUT2D eigenvalue weighted by molar-refractivity contribution is -0.137. The van der Waals surface area contributed by atoms with Crippen LogP contribution >= 0.6 is 0 Å². The van der Waals surface area contributed by atoms with Crippen molar-refractivity contribution >= 4 is 34.9 Å². The van der Waals surface area contributed by atoms with Crippen molar-refractivity contribution in [1.82, 2.24) is 15.1 Å². The number of nitrogens with zero attached hydrogens (tertiary/aromatic N) is 3. The molecule has 0 aliphatic carbocycles. The van der Waals surface area contributed by atoms with Crippen molar-refractivity contribution in [3.05, 3.63) is 83.6 Å². The van der Waals surface area contributed by atoms with Crippen molar-refractivity contribution in [2.45, 2.75) is 26.1 Å². The van der Waals surface area contributed by atoms with Crippen LogP contribution in [0, 0.1) is 0 Å². The summed E-state index contributed by atoms with van der Waals surface area (Å²) in [5.74, 6) is -0.793. The molecule has 1 aliphatic heterocycles. The van der Waals surface area contributed by atoms with Crippen LogP contribution in [0.2, 0.25) is 0 Å². The Morgan fingerprint density at radius 3 is 2.53 bits per heavy atom. The lowest BCUT2D eigenvalue weighted by Gasteiger charge is -2.29. The maximum Gasteiger partial charge on any atom is 0.416 e. The summed E-state index contributed by atoms with van der Waals surface area (Å²) < 4.78 is 40.6. The summed E-state index contributed by atoms with van der Waals surface area (Å²) in [6.45, 7) is 3.16. The molecule has 1 aromatic heterocycles. The number of rotatable bonds is 5. The Hall–Kier alpha value is -4.41. The van der Waals surface area contributed by atoms with E-state index in [0.717, 1.165) is 12.1 Å². The van der Waals surface area contributed by atoms with E-state index in [2.05, 4.69) is 15.7 Å². The third kappa shape index (κ3) is 5.14. The molecule has 1 unspecified atom stereocenters. The lowest BCUT2D eigenvalue weighted by Crippen LogP contribution is -2.48. The second-order valence-corrected chi connectivity index (χ2v) is 8.18. The Labute approximate surface area is 204 Å². The number of nitrogens with one attached hydrogen (secondary N) is 2. The summed E-state index contributed by atoms with van der Waals surface area (Å²) >= 11 is 0. The Morgan fingerprint density at radius 2 is 1.81 bits per heavy atom. The van der Waals surface area contributed by atoms with Gasteiger partial charge in [-0.3, -0.25) is 19.3 Å². The topological polar surface area (TPSA) is 96.3 Å². The van der Waals surface area contributed by atoms with Gasteiger partial charge < -0.3 is 10.6 Å². The van der Waals surface area contributed by atoms with E-state index in [1.807, 2.05) is 0 Å². The number of amides is 3. The number of alkyl halides is 3. The number of aromatic nitrogens is 2. The second-order valence-electron chi connectivity index (χ2n) is 8.18. The van der Waals surface area contributed by atoms with Gasteiger partial charge in [-0.15, -0.1) is 0 Å². The summed E-state index contributed by atoms with van der Waals surface area (Å²) in [7, 11) is 0. The first kappa shape index (κ1) is 24.7. The summed E-state index contributed by atoms with van der Waals surface area (Å²) in [6, 6.07) is 11.9. The van der Waals surface area contributed by atoms with Gasteiger partial charge in [0.1, 0.15) is 11.9 Å². The van der Waals surface area contributed by atoms with Gasteiger partial charge in [-0.05, 0) is 43.3 Å². The minimum absolute atomic E-state index is 0.121. The minimum atomic E-state index is -4.56. The van der Waals surface area contributed by atoms with Crippen molar-refractivity contribution < 1.29 is 27.6 Å². The molecule has 2 aromatic carbocycles. The molecule has 2 N–H and O–H groups in total. The maximum absolute atomic E-state index is 13.0. The number of hydrogen-bond donors (Lipinski definition) is 2. The van der Waals surface area contributed by atoms with Crippen LogP contribution in [-0.2, 0) is 15.8 Å². The third-order valence-electron chi connectivity index (χ3n) is 5.52. The van der Waals surface area contributed by atoms with Crippen LogP contribution in [-0.4, -0.2) is 40.1 Å². The van der Waals surface area contributed by atoms with Crippen molar-refractivity contribution in [2.24, 2.45) is 0 Å². The van der Waals surface area contributed by atoms with Crippen molar-refractivity contribution in [3.8, 4) is 0 Å². The summed E-state index contributed by atoms with van der Waals surface area (Å²) in [6.07, 6.45) is -1.23. The predicted molar refractivity (Wildman–Crippen MR) is 127 cm³/mol. The average molecular weight is 497 g/mol. The quantitative estimate of drug-likeness (QED) is 0.559. The Balaban J connectivity index is 1.56. The number of carbonyl (C=O) groups is 3. The van der Waals surface area contributed by atoms with Gasteiger partial charge in [0.05, 0.1) is 17.5 Å². The minimum Gasteiger partial charge on any atom is -0.345 e. The number of anilines is 2. The molecular formula is C25H22F3N5O3. The molecule has 0 saturated heterocycles. The molecule has 3 amide bonds. The van der Waals surface area contributed by atoms with Gasteiger partial charge >= 0.3 is 6.18 Å². The molecule has 186 valence electrons. The van der Waals surface area contributed by atoms with E-state index in [0.29, 0.717) is 22.8 Å². The number of fused-ring (bicyclic) bond motifs is 1.